The SMILES string of the molecule is CCn1cc([C@H]2OCC[C@@H]2NS(=O)(=O)Cc2ccccc2F)cn1. The molecule has 0 bridgehead atoms. The number of sulfonamides is 1. The molecule has 2 atom stereocenters. The first-order valence-corrected chi connectivity index (χ1v) is 9.51. The van der Waals surface area contributed by atoms with E-state index in [0.717, 1.165) is 12.1 Å². The Kier molecular flexibility index (Phi) is 4.98. The summed E-state index contributed by atoms with van der Waals surface area (Å²) < 4.78 is 48.6. The van der Waals surface area contributed by atoms with E-state index in [0.29, 0.717) is 13.0 Å². The lowest BCUT2D eigenvalue weighted by molar-refractivity contribution is 0.102. The maximum absolute atomic E-state index is 13.7. The van der Waals surface area contributed by atoms with Crippen molar-refractivity contribution in [3.8, 4) is 0 Å². The van der Waals surface area contributed by atoms with Gasteiger partial charge in [0.2, 0.25) is 10.0 Å². The number of ether oxygens (including phenoxy) is 1. The van der Waals surface area contributed by atoms with Crippen molar-refractivity contribution in [1.29, 1.82) is 0 Å². The maximum Gasteiger partial charge on any atom is 0.216 e. The molecule has 24 heavy (non-hydrogen) atoms. The van der Waals surface area contributed by atoms with Crippen molar-refractivity contribution >= 4 is 10.0 Å². The Bertz CT molecular complexity index is 806. The molecule has 1 aromatic heterocycles. The third kappa shape index (κ3) is 3.82. The third-order valence-corrected chi connectivity index (χ3v) is 5.38. The van der Waals surface area contributed by atoms with Crippen molar-refractivity contribution in [2.45, 2.75) is 37.8 Å². The van der Waals surface area contributed by atoms with Crippen LogP contribution in [0.5, 0.6) is 0 Å². The number of aromatic nitrogens is 2. The van der Waals surface area contributed by atoms with Crippen LogP contribution < -0.4 is 4.72 Å². The highest BCUT2D eigenvalue weighted by molar-refractivity contribution is 7.88. The molecule has 1 aromatic carbocycles. The summed E-state index contributed by atoms with van der Waals surface area (Å²) in [5.74, 6) is -0.914. The lowest BCUT2D eigenvalue weighted by atomic mass is 10.1. The van der Waals surface area contributed by atoms with E-state index < -0.39 is 21.6 Å². The number of aryl methyl sites for hydroxylation is 1. The number of hydrogen-bond acceptors (Lipinski definition) is 4. The Morgan fingerprint density at radius 3 is 2.92 bits per heavy atom. The van der Waals surface area contributed by atoms with Crippen LogP contribution in [-0.4, -0.2) is 30.8 Å². The van der Waals surface area contributed by atoms with E-state index in [2.05, 4.69) is 9.82 Å². The first-order chi connectivity index (χ1) is 11.5. The van der Waals surface area contributed by atoms with Crippen molar-refractivity contribution in [1.82, 2.24) is 14.5 Å². The minimum absolute atomic E-state index is 0.152. The number of nitrogens with one attached hydrogen (secondary N) is 1. The Hall–Kier alpha value is -1.77. The lowest BCUT2D eigenvalue weighted by Gasteiger charge is -2.19. The number of hydrogen-bond donors (Lipinski definition) is 1. The minimum atomic E-state index is -3.68. The molecule has 130 valence electrons. The van der Waals surface area contributed by atoms with Gasteiger partial charge >= 0.3 is 0 Å². The normalized spacial score (nSPS) is 21.2. The fourth-order valence-electron chi connectivity index (χ4n) is 2.83. The Labute approximate surface area is 140 Å². The Balaban J connectivity index is 1.72. The molecule has 2 heterocycles. The molecule has 1 saturated heterocycles. The molecule has 1 fully saturated rings. The van der Waals surface area contributed by atoms with Gasteiger partial charge in [0.05, 0.1) is 18.0 Å². The maximum atomic E-state index is 13.7. The Morgan fingerprint density at radius 1 is 1.42 bits per heavy atom. The van der Waals surface area contributed by atoms with E-state index >= 15 is 0 Å². The van der Waals surface area contributed by atoms with Gasteiger partial charge in [0.1, 0.15) is 11.9 Å². The quantitative estimate of drug-likeness (QED) is 0.862. The van der Waals surface area contributed by atoms with Gasteiger partial charge in [-0.3, -0.25) is 4.68 Å². The second kappa shape index (κ2) is 7.00. The molecule has 8 heteroatoms. The van der Waals surface area contributed by atoms with Crippen molar-refractivity contribution in [3.63, 3.8) is 0 Å². The molecule has 0 saturated carbocycles. The van der Waals surface area contributed by atoms with Gasteiger partial charge in [-0.2, -0.15) is 5.10 Å². The van der Waals surface area contributed by atoms with E-state index in [4.69, 9.17) is 4.74 Å². The molecule has 0 unspecified atom stereocenters. The molecule has 0 amide bonds. The lowest BCUT2D eigenvalue weighted by Crippen LogP contribution is -2.37. The third-order valence-electron chi connectivity index (χ3n) is 4.03. The second-order valence-corrected chi connectivity index (χ2v) is 7.54. The molecule has 6 nitrogen and oxygen atoms in total. The topological polar surface area (TPSA) is 73.2 Å². The standard InChI is InChI=1S/C16H20FN3O3S/c1-2-20-10-13(9-18-20)16-15(7-8-23-16)19-24(21,22)11-12-5-3-4-6-14(12)17/h3-6,9-10,15-16,19H,2,7-8,11H2,1H3/t15-,16+/m0/s1. The van der Waals surface area contributed by atoms with E-state index in [1.54, 1.807) is 16.9 Å². The summed E-state index contributed by atoms with van der Waals surface area (Å²) >= 11 is 0. The van der Waals surface area contributed by atoms with E-state index in [1.165, 1.54) is 18.2 Å². The summed E-state index contributed by atoms with van der Waals surface area (Å²) in [7, 11) is -3.68. The van der Waals surface area contributed by atoms with Crippen LogP contribution in [0.1, 0.15) is 30.6 Å². The summed E-state index contributed by atoms with van der Waals surface area (Å²) in [4.78, 5) is 0. The van der Waals surface area contributed by atoms with Crippen molar-refractivity contribution in [2.24, 2.45) is 0 Å². The first-order valence-electron chi connectivity index (χ1n) is 7.86. The van der Waals surface area contributed by atoms with Gasteiger partial charge in [-0.15, -0.1) is 0 Å². The molecule has 3 rings (SSSR count). The number of rotatable bonds is 6. The van der Waals surface area contributed by atoms with Crippen LogP contribution in [0, 0.1) is 5.82 Å². The highest BCUT2D eigenvalue weighted by Crippen LogP contribution is 2.29. The number of nitrogens with zero attached hydrogens (tertiary/aromatic N) is 2. The highest BCUT2D eigenvalue weighted by atomic mass is 32.2. The molecule has 0 spiro atoms. The zero-order chi connectivity index (χ0) is 17.2. The van der Waals surface area contributed by atoms with Crippen LogP contribution in [0.15, 0.2) is 36.7 Å². The number of benzene rings is 1. The number of halogens is 1. The zero-order valence-corrected chi connectivity index (χ0v) is 14.2. The van der Waals surface area contributed by atoms with Crippen molar-refractivity contribution in [2.75, 3.05) is 6.61 Å². The second-order valence-electron chi connectivity index (χ2n) is 5.78. The molecule has 1 N–H and O–H groups in total. The average molecular weight is 353 g/mol. The van der Waals surface area contributed by atoms with Crippen LogP contribution >= 0.6 is 0 Å². The minimum Gasteiger partial charge on any atom is -0.372 e. The van der Waals surface area contributed by atoms with Crippen molar-refractivity contribution in [3.05, 3.63) is 53.6 Å². The monoisotopic (exact) mass is 353 g/mol. The van der Waals surface area contributed by atoms with Crippen LogP contribution in [0.3, 0.4) is 0 Å². The van der Waals surface area contributed by atoms with Gasteiger partial charge in [0.25, 0.3) is 0 Å². The average Bonchev–Trinajstić information content (AvgIpc) is 3.17. The first kappa shape index (κ1) is 17.1. The van der Waals surface area contributed by atoms with E-state index in [-0.39, 0.29) is 17.7 Å². The van der Waals surface area contributed by atoms with Gasteiger partial charge in [-0.25, -0.2) is 17.5 Å². The molecule has 0 radical (unpaired) electrons. The summed E-state index contributed by atoms with van der Waals surface area (Å²) in [5, 5.41) is 4.20. The molecule has 2 aromatic rings. The van der Waals surface area contributed by atoms with Crippen molar-refractivity contribution < 1.29 is 17.5 Å². The van der Waals surface area contributed by atoms with Crippen LogP contribution in [-0.2, 0) is 27.1 Å². The van der Waals surface area contributed by atoms with Crippen LogP contribution in [0.2, 0.25) is 0 Å². The van der Waals surface area contributed by atoms with Gasteiger partial charge in [-0.05, 0) is 19.4 Å². The highest BCUT2D eigenvalue weighted by Gasteiger charge is 2.33. The van der Waals surface area contributed by atoms with Crippen LogP contribution in [0.25, 0.3) is 0 Å². The van der Waals surface area contributed by atoms with Crippen LogP contribution in [0.4, 0.5) is 4.39 Å². The van der Waals surface area contributed by atoms with Gasteiger partial charge in [-0.1, -0.05) is 18.2 Å². The molecule has 0 aliphatic carbocycles. The van der Waals surface area contributed by atoms with Gasteiger partial charge in [0, 0.05) is 30.5 Å². The molecule has 1 aliphatic heterocycles. The fraction of sp³-hybridized carbons (Fsp3) is 0.438. The predicted octanol–water partition coefficient (Wildman–Crippen LogP) is 1.99. The summed E-state index contributed by atoms with van der Waals surface area (Å²) in [6.45, 7) is 3.17. The molecular formula is C16H20FN3O3S. The van der Waals surface area contributed by atoms with Gasteiger partial charge < -0.3 is 4.74 Å². The predicted molar refractivity (Wildman–Crippen MR) is 87.2 cm³/mol. The zero-order valence-electron chi connectivity index (χ0n) is 13.4. The van der Waals surface area contributed by atoms with E-state index in [9.17, 15) is 12.8 Å². The summed E-state index contributed by atoms with van der Waals surface area (Å²) in [6.07, 6.45) is 3.74. The molecular weight excluding hydrogens is 333 g/mol. The summed E-state index contributed by atoms with van der Waals surface area (Å²) in [5.41, 5.74) is 0.993. The van der Waals surface area contributed by atoms with E-state index in [1.807, 2.05) is 13.1 Å². The smallest absolute Gasteiger partial charge is 0.216 e. The van der Waals surface area contributed by atoms with Gasteiger partial charge in [0.15, 0.2) is 0 Å². The largest absolute Gasteiger partial charge is 0.372 e. The Morgan fingerprint density at radius 2 is 2.21 bits per heavy atom. The molecule has 1 aliphatic rings. The fourth-order valence-corrected chi connectivity index (χ4v) is 4.26. The summed E-state index contributed by atoms with van der Waals surface area (Å²) in [6, 6.07) is 5.50.